The van der Waals surface area contributed by atoms with Gasteiger partial charge in [-0.25, -0.2) is 13.2 Å². The molecule has 0 fully saturated rings. The van der Waals surface area contributed by atoms with Gasteiger partial charge in [0.2, 0.25) is 0 Å². The van der Waals surface area contributed by atoms with E-state index < -0.39 is 24.8 Å². The number of alkyl halides is 2. The van der Waals surface area contributed by atoms with Gasteiger partial charge in [-0.3, -0.25) is 4.79 Å². The fourth-order valence-electron chi connectivity index (χ4n) is 1.24. The molecule has 4 nitrogen and oxygen atoms in total. The largest absolute Gasteiger partial charge is 0.396 e. The molecule has 3 N–H and O–H groups in total. The Bertz CT molecular complexity index is 458. The van der Waals surface area contributed by atoms with Gasteiger partial charge in [0.05, 0.1) is 17.9 Å². The van der Waals surface area contributed by atoms with E-state index in [1.807, 2.05) is 0 Å². The molecule has 0 saturated carbocycles. The van der Waals surface area contributed by atoms with Crippen molar-refractivity contribution in [1.29, 1.82) is 0 Å². The number of carbonyl (C=O) groups is 1. The predicted octanol–water partition coefficient (Wildman–Crippen LogP) is 2.18. The van der Waals surface area contributed by atoms with Crippen LogP contribution in [0.15, 0.2) is 16.6 Å². The molecule has 0 radical (unpaired) electrons. The number of carbonyl (C=O) groups excluding carboxylic acids is 1. The normalized spacial score (nSPS) is 10.8. The summed E-state index contributed by atoms with van der Waals surface area (Å²) in [5.41, 5.74) is 5.36. The Morgan fingerprint density at radius 1 is 1.47 bits per heavy atom. The summed E-state index contributed by atoms with van der Waals surface area (Å²) in [6, 6.07) is 2.27. The first kappa shape index (κ1) is 15.8. The molecule has 1 amide bonds. The van der Waals surface area contributed by atoms with Crippen LogP contribution in [0.1, 0.15) is 10.4 Å². The zero-order valence-corrected chi connectivity index (χ0v) is 11.3. The number of nitrogen functional groups attached to an aromatic ring is 1. The van der Waals surface area contributed by atoms with Gasteiger partial charge in [-0.2, -0.15) is 0 Å². The molecule has 0 heterocycles. The highest BCUT2D eigenvalue weighted by Crippen LogP contribution is 2.22. The van der Waals surface area contributed by atoms with E-state index >= 15 is 0 Å². The maximum Gasteiger partial charge on any atom is 0.261 e. The molecule has 19 heavy (non-hydrogen) atoms. The first-order valence-corrected chi connectivity index (χ1v) is 6.09. The van der Waals surface area contributed by atoms with E-state index in [1.165, 1.54) is 6.07 Å². The number of hydrogen-bond acceptors (Lipinski definition) is 3. The molecule has 8 heteroatoms. The summed E-state index contributed by atoms with van der Waals surface area (Å²) < 4.78 is 41.4. The maximum atomic E-state index is 13.1. The van der Waals surface area contributed by atoms with Crippen LogP contribution in [-0.2, 0) is 4.74 Å². The molecule has 0 unspecified atom stereocenters. The lowest BCUT2D eigenvalue weighted by atomic mass is 10.2. The Morgan fingerprint density at radius 2 is 2.16 bits per heavy atom. The van der Waals surface area contributed by atoms with E-state index in [4.69, 9.17) is 5.73 Å². The molecule has 0 saturated heterocycles. The highest BCUT2D eigenvalue weighted by Gasteiger charge is 2.13. The summed E-state index contributed by atoms with van der Waals surface area (Å²) >= 11 is 3.04. The van der Waals surface area contributed by atoms with E-state index in [9.17, 15) is 18.0 Å². The number of rotatable bonds is 6. The number of benzene rings is 1. The monoisotopic (exact) mass is 340 g/mol. The standard InChI is InChI=1S/C11H12BrF3N2O2/c12-7-4-8(13)9(16)3-6(7)11(18)17-1-2-19-5-10(14)15/h3-4,10H,1-2,5,16H2,(H,17,18). The molecule has 0 aliphatic heterocycles. The molecule has 0 aliphatic rings. The van der Waals surface area contributed by atoms with Gasteiger partial charge in [0.25, 0.3) is 12.3 Å². The molecule has 0 aliphatic carbocycles. The zero-order chi connectivity index (χ0) is 14.4. The van der Waals surface area contributed by atoms with Crippen LogP contribution < -0.4 is 11.1 Å². The van der Waals surface area contributed by atoms with Gasteiger partial charge in [0, 0.05) is 11.0 Å². The van der Waals surface area contributed by atoms with Crippen LogP contribution in [0.25, 0.3) is 0 Å². The van der Waals surface area contributed by atoms with Crippen molar-refractivity contribution in [1.82, 2.24) is 5.32 Å². The van der Waals surface area contributed by atoms with Crippen LogP contribution in [-0.4, -0.2) is 32.1 Å². The molecular formula is C11H12BrF3N2O2. The average molecular weight is 341 g/mol. The van der Waals surface area contributed by atoms with E-state index in [0.29, 0.717) is 0 Å². The molecule has 1 aromatic rings. The highest BCUT2D eigenvalue weighted by molar-refractivity contribution is 9.10. The molecular weight excluding hydrogens is 329 g/mol. The molecule has 1 rings (SSSR count). The van der Waals surface area contributed by atoms with Crippen molar-refractivity contribution in [3.05, 3.63) is 28.0 Å². The third kappa shape index (κ3) is 5.07. The van der Waals surface area contributed by atoms with E-state index in [0.717, 1.165) is 6.07 Å². The van der Waals surface area contributed by atoms with Gasteiger partial charge < -0.3 is 15.8 Å². The Hall–Kier alpha value is -1.28. The second-order valence-electron chi connectivity index (χ2n) is 3.58. The smallest absolute Gasteiger partial charge is 0.261 e. The van der Waals surface area contributed by atoms with E-state index in [1.54, 1.807) is 0 Å². The van der Waals surface area contributed by atoms with Gasteiger partial charge in [-0.1, -0.05) is 0 Å². The lowest BCUT2D eigenvalue weighted by molar-refractivity contribution is 0.0188. The van der Waals surface area contributed by atoms with Crippen molar-refractivity contribution in [2.45, 2.75) is 6.43 Å². The van der Waals surface area contributed by atoms with E-state index in [2.05, 4.69) is 26.0 Å². The Labute approximate surface area is 116 Å². The minimum Gasteiger partial charge on any atom is -0.396 e. The van der Waals surface area contributed by atoms with Crippen LogP contribution in [0.2, 0.25) is 0 Å². The van der Waals surface area contributed by atoms with Crippen LogP contribution >= 0.6 is 15.9 Å². The Morgan fingerprint density at radius 3 is 2.79 bits per heavy atom. The van der Waals surface area contributed by atoms with Crippen LogP contribution in [0.4, 0.5) is 18.9 Å². The summed E-state index contributed by atoms with van der Waals surface area (Å²) in [6.07, 6.45) is -2.54. The fraction of sp³-hybridized carbons (Fsp3) is 0.364. The number of nitrogens with two attached hydrogens (primary N) is 1. The van der Waals surface area contributed by atoms with Gasteiger partial charge in [-0.15, -0.1) is 0 Å². The van der Waals surface area contributed by atoms with Crippen molar-refractivity contribution in [2.75, 3.05) is 25.5 Å². The highest BCUT2D eigenvalue weighted by atomic mass is 79.9. The topological polar surface area (TPSA) is 64.4 Å². The number of ether oxygens (including phenoxy) is 1. The van der Waals surface area contributed by atoms with Crippen LogP contribution in [0, 0.1) is 5.82 Å². The summed E-state index contributed by atoms with van der Waals surface area (Å²) in [4.78, 5) is 11.7. The lowest BCUT2D eigenvalue weighted by Crippen LogP contribution is -2.28. The summed E-state index contributed by atoms with van der Waals surface area (Å²) in [6.45, 7) is -0.650. The van der Waals surface area contributed by atoms with Gasteiger partial charge >= 0.3 is 0 Å². The molecule has 0 bridgehead atoms. The Kier molecular flexibility index (Phi) is 6.10. The number of amides is 1. The second kappa shape index (κ2) is 7.34. The quantitative estimate of drug-likeness (QED) is 0.616. The summed E-state index contributed by atoms with van der Waals surface area (Å²) in [7, 11) is 0. The minimum atomic E-state index is -2.54. The lowest BCUT2D eigenvalue weighted by Gasteiger charge is -2.08. The number of hydrogen-bond donors (Lipinski definition) is 2. The van der Waals surface area contributed by atoms with Crippen molar-refractivity contribution in [3.8, 4) is 0 Å². The first-order valence-electron chi connectivity index (χ1n) is 5.30. The molecule has 0 atom stereocenters. The summed E-state index contributed by atoms with van der Waals surface area (Å²) in [5.74, 6) is -1.14. The van der Waals surface area contributed by atoms with Crippen molar-refractivity contribution in [3.63, 3.8) is 0 Å². The van der Waals surface area contributed by atoms with Crippen LogP contribution in [0.5, 0.6) is 0 Å². The third-order valence-electron chi connectivity index (χ3n) is 2.11. The van der Waals surface area contributed by atoms with Crippen LogP contribution in [0.3, 0.4) is 0 Å². The minimum absolute atomic E-state index is 0.0373. The molecule has 1 aromatic carbocycles. The van der Waals surface area contributed by atoms with Crippen molar-refractivity contribution in [2.24, 2.45) is 0 Å². The predicted molar refractivity (Wildman–Crippen MR) is 67.7 cm³/mol. The molecule has 106 valence electrons. The van der Waals surface area contributed by atoms with Gasteiger partial charge in [0.1, 0.15) is 12.4 Å². The fourth-order valence-corrected chi connectivity index (χ4v) is 1.74. The second-order valence-corrected chi connectivity index (χ2v) is 4.43. The van der Waals surface area contributed by atoms with Gasteiger partial charge in [-0.05, 0) is 28.1 Å². The third-order valence-corrected chi connectivity index (χ3v) is 2.76. The van der Waals surface area contributed by atoms with Crippen molar-refractivity contribution >= 4 is 27.5 Å². The molecule has 0 spiro atoms. The van der Waals surface area contributed by atoms with Gasteiger partial charge in [0.15, 0.2) is 0 Å². The average Bonchev–Trinajstić information content (AvgIpc) is 2.32. The first-order chi connectivity index (χ1) is 8.91. The van der Waals surface area contributed by atoms with E-state index in [-0.39, 0.29) is 28.9 Å². The number of nitrogens with one attached hydrogen (secondary N) is 1. The summed E-state index contributed by atoms with van der Waals surface area (Å²) in [5, 5.41) is 2.44. The SMILES string of the molecule is Nc1cc(C(=O)NCCOCC(F)F)c(Br)cc1F. The number of halogens is 4. The number of anilines is 1. The Balaban J connectivity index is 2.48. The maximum absolute atomic E-state index is 13.1. The zero-order valence-electron chi connectivity index (χ0n) is 9.76. The molecule has 0 aromatic heterocycles. The van der Waals surface area contributed by atoms with Crippen molar-refractivity contribution < 1.29 is 22.7 Å².